The molecule has 0 bridgehead atoms. The Hall–Kier alpha value is -0.830. The number of H-pyrrole nitrogens is 1. The van der Waals surface area contributed by atoms with E-state index in [1.807, 2.05) is 6.07 Å². The van der Waals surface area contributed by atoms with Gasteiger partial charge in [0.1, 0.15) is 0 Å². The van der Waals surface area contributed by atoms with E-state index in [1.54, 1.807) is 6.20 Å². The van der Waals surface area contributed by atoms with Gasteiger partial charge in [-0.15, -0.1) is 0 Å². The van der Waals surface area contributed by atoms with E-state index >= 15 is 0 Å². The molecule has 0 aromatic carbocycles. The summed E-state index contributed by atoms with van der Waals surface area (Å²) in [4.78, 5) is 0. The third kappa shape index (κ3) is 1.50. The van der Waals surface area contributed by atoms with Crippen LogP contribution in [0, 0.1) is 0 Å². The Balaban J connectivity index is 1.82. The highest BCUT2D eigenvalue weighted by molar-refractivity contribution is 5.00. The van der Waals surface area contributed by atoms with Gasteiger partial charge in [-0.05, 0) is 32.3 Å². The highest BCUT2D eigenvalue weighted by atomic mass is 15.1. The van der Waals surface area contributed by atoms with Gasteiger partial charge >= 0.3 is 0 Å². The van der Waals surface area contributed by atoms with Crippen LogP contribution in [0.25, 0.3) is 0 Å². The molecule has 0 saturated heterocycles. The maximum Gasteiger partial charge on any atom is 0.0490 e. The van der Waals surface area contributed by atoms with Crippen LogP contribution in [0.15, 0.2) is 12.3 Å². The van der Waals surface area contributed by atoms with Crippen LogP contribution < -0.4 is 5.32 Å². The molecule has 1 aliphatic rings. The summed E-state index contributed by atoms with van der Waals surface area (Å²) in [6.07, 6.45) is 5.77. The van der Waals surface area contributed by atoms with E-state index in [2.05, 4.69) is 22.4 Å². The van der Waals surface area contributed by atoms with Gasteiger partial charge in [0.25, 0.3) is 0 Å². The van der Waals surface area contributed by atoms with Crippen molar-refractivity contribution in [1.29, 1.82) is 0 Å². The lowest BCUT2D eigenvalue weighted by atomic mass is 9.78. The molecule has 0 unspecified atom stereocenters. The van der Waals surface area contributed by atoms with Crippen LogP contribution in [-0.2, 0) is 6.54 Å². The van der Waals surface area contributed by atoms with Gasteiger partial charge in [0.2, 0.25) is 0 Å². The lowest BCUT2D eigenvalue weighted by molar-refractivity contribution is 0.206. The first-order chi connectivity index (χ1) is 5.79. The number of nitrogens with one attached hydrogen (secondary N) is 2. The van der Waals surface area contributed by atoms with Crippen LogP contribution in [0.1, 0.15) is 31.9 Å². The van der Waals surface area contributed by atoms with Gasteiger partial charge in [-0.2, -0.15) is 5.10 Å². The zero-order valence-electron chi connectivity index (χ0n) is 7.43. The lowest BCUT2D eigenvalue weighted by Gasteiger charge is -2.39. The monoisotopic (exact) mass is 165 g/mol. The van der Waals surface area contributed by atoms with Crippen molar-refractivity contribution in [2.75, 3.05) is 0 Å². The second-order valence-corrected chi connectivity index (χ2v) is 3.85. The Kier molecular flexibility index (Phi) is 1.89. The Bertz CT molecular complexity index is 236. The second kappa shape index (κ2) is 2.90. The van der Waals surface area contributed by atoms with Gasteiger partial charge in [-0.3, -0.25) is 5.10 Å². The number of aromatic nitrogens is 2. The molecule has 0 spiro atoms. The third-order valence-electron chi connectivity index (χ3n) is 2.72. The molecule has 1 aromatic rings. The topological polar surface area (TPSA) is 40.7 Å². The van der Waals surface area contributed by atoms with Crippen LogP contribution in [-0.4, -0.2) is 15.7 Å². The van der Waals surface area contributed by atoms with E-state index in [4.69, 9.17) is 0 Å². The van der Waals surface area contributed by atoms with Gasteiger partial charge in [-0.25, -0.2) is 0 Å². The first-order valence-electron chi connectivity index (χ1n) is 4.52. The standard InChI is InChI=1S/C9H15N3/c1-9(4-2-5-9)10-7-8-3-6-11-12-8/h3,6,10H,2,4-5,7H2,1H3,(H,11,12). The van der Waals surface area contributed by atoms with Crippen LogP contribution >= 0.6 is 0 Å². The van der Waals surface area contributed by atoms with Crippen molar-refractivity contribution < 1.29 is 0 Å². The van der Waals surface area contributed by atoms with E-state index in [1.165, 1.54) is 25.0 Å². The van der Waals surface area contributed by atoms with Crippen LogP contribution in [0.3, 0.4) is 0 Å². The van der Waals surface area contributed by atoms with Crippen LogP contribution in [0.2, 0.25) is 0 Å². The summed E-state index contributed by atoms with van der Waals surface area (Å²) in [5.41, 5.74) is 1.56. The highest BCUT2D eigenvalue weighted by Gasteiger charge is 2.30. The number of hydrogen-bond acceptors (Lipinski definition) is 2. The summed E-state index contributed by atoms with van der Waals surface area (Å²) >= 11 is 0. The van der Waals surface area contributed by atoms with Crippen molar-refractivity contribution in [2.24, 2.45) is 0 Å². The Morgan fingerprint density at radius 1 is 1.67 bits per heavy atom. The van der Waals surface area contributed by atoms with E-state index in [0.29, 0.717) is 5.54 Å². The van der Waals surface area contributed by atoms with Crippen molar-refractivity contribution in [3.63, 3.8) is 0 Å². The zero-order chi connectivity index (χ0) is 8.44. The Labute approximate surface area is 72.6 Å². The number of hydrogen-bond donors (Lipinski definition) is 2. The van der Waals surface area contributed by atoms with Gasteiger partial charge in [-0.1, -0.05) is 0 Å². The SMILES string of the molecule is CC1(NCc2ccn[nH]2)CCC1. The summed E-state index contributed by atoms with van der Waals surface area (Å²) in [7, 11) is 0. The highest BCUT2D eigenvalue weighted by Crippen LogP contribution is 2.30. The zero-order valence-corrected chi connectivity index (χ0v) is 7.43. The van der Waals surface area contributed by atoms with Gasteiger partial charge in [0, 0.05) is 24.0 Å². The maximum atomic E-state index is 3.90. The molecule has 2 rings (SSSR count). The normalized spacial score (nSPS) is 20.4. The van der Waals surface area contributed by atoms with Crippen LogP contribution in [0.4, 0.5) is 0 Å². The Morgan fingerprint density at radius 3 is 3.00 bits per heavy atom. The second-order valence-electron chi connectivity index (χ2n) is 3.85. The largest absolute Gasteiger partial charge is 0.306 e. The molecule has 1 saturated carbocycles. The fourth-order valence-corrected chi connectivity index (χ4v) is 1.58. The molecule has 0 atom stereocenters. The first kappa shape index (κ1) is 7.80. The predicted octanol–water partition coefficient (Wildman–Crippen LogP) is 1.44. The fraction of sp³-hybridized carbons (Fsp3) is 0.667. The summed E-state index contributed by atoms with van der Waals surface area (Å²) < 4.78 is 0. The van der Waals surface area contributed by atoms with E-state index in [-0.39, 0.29) is 0 Å². The minimum atomic E-state index is 0.394. The predicted molar refractivity (Wildman–Crippen MR) is 47.7 cm³/mol. The molecule has 1 aromatic heterocycles. The molecular formula is C9H15N3. The van der Waals surface area contributed by atoms with Gasteiger partial charge in [0.05, 0.1) is 0 Å². The summed E-state index contributed by atoms with van der Waals surface area (Å²) in [6, 6.07) is 2.01. The molecule has 1 aliphatic carbocycles. The average molecular weight is 165 g/mol. The first-order valence-corrected chi connectivity index (χ1v) is 4.52. The minimum absolute atomic E-state index is 0.394. The molecule has 2 N–H and O–H groups in total. The molecule has 3 heteroatoms. The molecule has 12 heavy (non-hydrogen) atoms. The van der Waals surface area contributed by atoms with Gasteiger partial charge in [0.15, 0.2) is 0 Å². The van der Waals surface area contributed by atoms with Crippen LogP contribution in [0.5, 0.6) is 0 Å². The third-order valence-corrected chi connectivity index (χ3v) is 2.72. The molecule has 1 heterocycles. The number of aromatic amines is 1. The van der Waals surface area contributed by atoms with E-state index < -0.39 is 0 Å². The van der Waals surface area contributed by atoms with Gasteiger partial charge < -0.3 is 5.32 Å². The summed E-state index contributed by atoms with van der Waals surface area (Å²) in [5.74, 6) is 0. The van der Waals surface area contributed by atoms with E-state index in [9.17, 15) is 0 Å². The summed E-state index contributed by atoms with van der Waals surface area (Å²) in [6.45, 7) is 3.20. The van der Waals surface area contributed by atoms with Crippen molar-refractivity contribution in [2.45, 2.75) is 38.3 Å². The Morgan fingerprint density at radius 2 is 2.50 bits per heavy atom. The smallest absolute Gasteiger partial charge is 0.0490 e. The molecule has 1 fully saturated rings. The summed E-state index contributed by atoms with van der Waals surface area (Å²) in [5, 5.41) is 10.4. The molecule has 0 amide bonds. The fourth-order valence-electron chi connectivity index (χ4n) is 1.58. The molecular weight excluding hydrogens is 150 g/mol. The average Bonchev–Trinajstić information content (AvgIpc) is 2.49. The maximum absolute atomic E-state index is 3.90. The minimum Gasteiger partial charge on any atom is -0.306 e. The van der Waals surface area contributed by atoms with Crippen molar-refractivity contribution in [3.05, 3.63) is 18.0 Å². The quantitative estimate of drug-likeness (QED) is 0.711. The molecule has 66 valence electrons. The van der Waals surface area contributed by atoms with Crippen molar-refractivity contribution in [1.82, 2.24) is 15.5 Å². The lowest BCUT2D eigenvalue weighted by Crippen LogP contribution is -2.47. The van der Waals surface area contributed by atoms with E-state index in [0.717, 1.165) is 6.54 Å². The molecule has 0 aliphatic heterocycles. The molecule has 3 nitrogen and oxygen atoms in total. The van der Waals surface area contributed by atoms with Crippen molar-refractivity contribution >= 4 is 0 Å². The van der Waals surface area contributed by atoms with Crippen molar-refractivity contribution in [3.8, 4) is 0 Å². The number of rotatable bonds is 3. The number of nitrogens with zero attached hydrogens (tertiary/aromatic N) is 1. The molecule has 0 radical (unpaired) electrons.